The lowest BCUT2D eigenvalue weighted by atomic mass is 9.77. The number of aromatic nitrogens is 1. The second kappa shape index (κ2) is 6.67. The molecule has 0 saturated carbocycles. The Morgan fingerprint density at radius 3 is 2.69 bits per heavy atom. The smallest absolute Gasteiger partial charge is 0.226 e. The van der Waals surface area contributed by atoms with Crippen molar-refractivity contribution in [2.45, 2.75) is 26.2 Å². The molecule has 0 unspecified atom stereocenters. The lowest BCUT2D eigenvalue weighted by Gasteiger charge is -2.39. The minimum atomic E-state index is -0.219. The summed E-state index contributed by atoms with van der Waals surface area (Å²) in [6.07, 6.45) is 5.98. The van der Waals surface area contributed by atoms with Gasteiger partial charge in [0.05, 0.1) is 21.0 Å². The number of thiophene rings is 1. The van der Waals surface area contributed by atoms with Crippen molar-refractivity contribution >= 4 is 40.3 Å². The van der Waals surface area contributed by atoms with Crippen LogP contribution in [0, 0.1) is 5.41 Å². The zero-order valence-corrected chi connectivity index (χ0v) is 16.1. The molecule has 2 aliphatic heterocycles. The van der Waals surface area contributed by atoms with E-state index < -0.39 is 0 Å². The number of nitrogens with one attached hydrogen (secondary N) is 1. The second-order valence-electron chi connectivity index (χ2n) is 7.01. The second-order valence-corrected chi connectivity index (χ2v) is 8.33. The highest BCUT2D eigenvalue weighted by atomic mass is 35.5. The molecule has 2 aromatic rings. The first-order valence-corrected chi connectivity index (χ1v) is 10.0. The average molecular weight is 390 g/mol. The Morgan fingerprint density at radius 1 is 1.27 bits per heavy atom. The van der Waals surface area contributed by atoms with Gasteiger partial charge < -0.3 is 10.2 Å². The van der Waals surface area contributed by atoms with Gasteiger partial charge in [-0.1, -0.05) is 11.6 Å². The van der Waals surface area contributed by atoms with E-state index in [9.17, 15) is 9.59 Å². The van der Waals surface area contributed by atoms with Crippen molar-refractivity contribution in [2.75, 3.05) is 24.5 Å². The van der Waals surface area contributed by atoms with Gasteiger partial charge in [-0.15, -0.1) is 11.3 Å². The highest BCUT2D eigenvalue weighted by Crippen LogP contribution is 2.44. The van der Waals surface area contributed by atoms with E-state index >= 15 is 0 Å². The van der Waals surface area contributed by atoms with Crippen molar-refractivity contribution in [3.63, 3.8) is 0 Å². The molecule has 4 rings (SSSR count). The van der Waals surface area contributed by atoms with Crippen molar-refractivity contribution in [1.82, 2.24) is 10.3 Å². The van der Waals surface area contributed by atoms with E-state index in [1.54, 1.807) is 19.3 Å². The zero-order chi connectivity index (χ0) is 18.3. The molecule has 0 aliphatic carbocycles. The number of carbonyl (C=O) groups is 2. The molecular formula is C19H20ClN3O2S. The molecule has 0 bridgehead atoms. The van der Waals surface area contributed by atoms with Crippen LogP contribution in [0.1, 0.15) is 35.9 Å². The Labute approximate surface area is 161 Å². The summed E-state index contributed by atoms with van der Waals surface area (Å²) < 4.78 is 0. The van der Waals surface area contributed by atoms with E-state index in [1.807, 2.05) is 11.4 Å². The fraction of sp³-hybridized carbons (Fsp3) is 0.421. The molecule has 2 saturated heterocycles. The maximum atomic E-state index is 12.2. The molecule has 26 heavy (non-hydrogen) atoms. The van der Waals surface area contributed by atoms with Gasteiger partial charge in [-0.3, -0.25) is 14.6 Å². The lowest BCUT2D eigenvalue weighted by Crippen LogP contribution is -2.44. The Kier molecular flexibility index (Phi) is 4.49. The van der Waals surface area contributed by atoms with Gasteiger partial charge >= 0.3 is 0 Å². The highest BCUT2D eigenvalue weighted by molar-refractivity contribution is 7.12. The predicted molar refractivity (Wildman–Crippen MR) is 104 cm³/mol. The number of carbonyl (C=O) groups excluding carboxylic acids is 2. The Bertz CT molecular complexity index is 871. The zero-order valence-electron chi connectivity index (χ0n) is 14.5. The summed E-state index contributed by atoms with van der Waals surface area (Å²) in [5, 5.41) is 5.47. The quantitative estimate of drug-likeness (QED) is 0.811. The van der Waals surface area contributed by atoms with Crippen molar-refractivity contribution in [3.05, 3.63) is 33.7 Å². The highest BCUT2D eigenvalue weighted by Gasteiger charge is 2.44. The van der Waals surface area contributed by atoms with Crippen LogP contribution in [-0.2, 0) is 4.79 Å². The lowest BCUT2D eigenvalue weighted by molar-refractivity contribution is -0.128. The fourth-order valence-corrected chi connectivity index (χ4v) is 5.18. The number of hydrogen-bond acceptors (Lipinski definition) is 5. The van der Waals surface area contributed by atoms with Crippen LogP contribution < -0.4 is 10.2 Å². The van der Waals surface area contributed by atoms with Gasteiger partial charge in [0.15, 0.2) is 5.78 Å². The molecule has 4 heterocycles. The Balaban J connectivity index is 1.69. The monoisotopic (exact) mass is 389 g/mol. The SMILES string of the molecule is CC(=O)c1sccc1-c1cncc(Cl)c1N1CCC2(CCNC2=O)CC1. The standard InChI is InChI=1S/C19H20ClN3O2S/c1-12(24)17-13(2-9-26-17)14-10-21-11-15(20)16(14)23-7-4-19(5-8-23)3-6-22-18(19)25/h2,9-11H,3-8H2,1H3,(H,22,25). The number of nitrogens with zero attached hydrogens (tertiary/aromatic N) is 2. The summed E-state index contributed by atoms with van der Waals surface area (Å²) >= 11 is 7.96. The van der Waals surface area contributed by atoms with Gasteiger partial charge in [0.1, 0.15) is 0 Å². The molecule has 136 valence electrons. The van der Waals surface area contributed by atoms with Crippen LogP contribution in [0.15, 0.2) is 23.8 Å². The molecule has 0 radical (unpaired) electrons. The number of pyridine rings is 1. The fourth-order valence-electron chi connectivity index (χ4n) is 4.09. The predicted octanol–water partition coefficient (Wildman–Crippen LogP) is 3.77. The van der Waals surface area contributed by atoms with Crippen LogP contribution in [0.2, 0.25) is 5.02 Å². The average Bonchev–Trinajstić information content (AvgIpc) is 3.24. The molecule has 1 N–H and O–H groups in total. The van der Waals surface area contributed by atoms with Crippen LogP contribution in [-0.4, -0.2) is 36.3 Å². The van der Waals surface area contributed by atoms with Crippen LogP contribution in [0.5, 0.6) is 0 Å². The van der Waals surface area contributed by atoms with Gasteiger partial charge in [-0.05, 0) is 37.6 Å². The number of piperidine rings is 1. The molecular weight excluding hydrogens is 370 g/mol. The summed E-state index contributed by atoms with van der Waals surface area (Å²) in [6, 6.07) is 1.95. The minimum Gasteiger partial charge on any atom is -0.370 e. The van der Waals surface area contributed by atoms with E-state index in [2.05, 4.69) is 15.2 Å². The molecule has 5 nitrogen and oxygen atoms in total. The van der Waals surface area contributed by atoms with Crippen molar-refractivity contribution in [3.8, 4) is 11.1 Å². The molecule has 1 spiro atoms. The number of ketones is 1. The van der Waals surface area contributed by atoms with E-state index in [1.165, 1.54) is 11.3 Å². The maximum absolute atomic E-state index is 12.2. The van der Waals surface area contributed by atoms with Crippen molar-refractivity contribution in [2.24, 2.45) is 5.41 Å². The molecule has 0 aromatic carbocycles. The van der Waals surface area contributed by atoms with Gasteiger partial charge in [0, 0.05) is 43.2 Å². The van der Waals surface area contributed by atoms with Crippen LogP contribution >= 0.6 is 22.9 Å². The van der Waals surface area contributed by atoms with Gasteiger partial charge in [0.25, 0.3) is 0 Å². The van der Waals surface area contributed by atoms with E-state index in [4.69, 9.17) is 11.6 Å². The summed E-state index contributed by atoms with van der Waals surface area (Å²) in [7, 11) is 0. The van der Waals surface area contributed by atoms with E-state index in [0.29, 0.717) is 5.02 Å². The number of anilines is 1. The molecule has 7 heteroatoms. The first-order chi connectivity index (χ1) is 12.5. The molecule has 2 fully saturated rings. The van der Waals surface area contributed by atoms with E-state index in [-0.39, 0.29) is 17.1 Å². The summed E-state index contributed by atoms with van der Waals surface area (Å²) in [5.74, 6) is 0.232. The Morgan fingerprint density at radius 2 is 2.04 bits per heavy atom. The summed E-state index contributed by atoms with van der Waals surface area (Å²) in [4.78, 5) is 31.4. The number of hydrogen-bond donors (Lipinski definition) is 1. The molecule has 1 amide bonds. The van der Waals surface area contributed by atoms with Gasteiger partial charge in [0.2, 0.25) is 5.91 Å². The first-order valence-electron chi connectivity index (χ1n) is 8.77. The van der Waals surface area contributed by atoms with Gasteiger partial charge in [-0.2, -0.15) is 0 Å². The van der Waals surface area contributed by atoms with Crippen molar-refractivity contribution in [1.29, 1.82) is 0 Å². The van der Waals surface area contributed by atoms with Gasteiger partial charge in [-0.25, -0.2) is 0 Å². The third-order valence-corrected chi connectivity index (χ3v) is 6.85. The number of rotatable bonds is 3. The topological polar surface area (TPSA) is 62.3 Å². The summed E-state index contributed by atoms with van der Waals surface area (Å²) in [6.45, 7) is 3.89. The van der Waals surface area contributed by atoms with E-state index in [0.717, 1.165) is 60.6 Å². The normalized spacial score (nSPS) is 19.0. The first kappa shape index (κ1) is 17.5. The largest absolute Gasteiger partial charge is 0.370 e. The summed E-state index contributed by atoms with van der Waals surface area (Å²) in [5.41, 5.74) is 2.46. The molecule has 2 aliphatic rings. The molecule has 2 aromatic heterocycles. The van der Waals surface area contributed by atoms with Crippen molar-refractivity contribution < 1.29 is 9.59 Å². The van der Waals surface area contributed by atoms with Crippen LogP contribution in [0.25, 0.3) is 11.1 Å². The van der Waals surface area contributed by atoms with Crippen LogP contribution in [0.4, 0.5) is 5.69 Å². The third kappa shape index (κ3) is 2.81. The minimum absolute atomic E-state index is 0.0427. The number of halogens is 1. The van der Waals surface area contributed by atoms with Crippen LogP contribution in [0.3, 0.4) is 0 Å². The maximum Gasteiger partial charge on any atom is 0.226 e. The number of amides is 1. The number of Topliss-reactive ketones (excluding diaryl/α,β-unsaturated/α-hetero) is 1. The Hall–Kier alpha value is -1.92. The third-order valence-electron chi connectivity index (χ3n) is 5.56. The molecule has 0 atom stereocenters.